The zero-order valence-electron chi connectivity index (χ0n) is 17.9. The summed E-state index contributed by atoms with van der Waals surface area (Å²) in [5.41, 5.74) is -0.0397. The number of ether oxygens (including phenoxy) is 1. The van der Waals surface area contributed by atoms with Gasteiger partial charge in [0.15, 0.2) is 5.89 Å². The molecule has 0 aliphatic carbocycles. The van der Waals surface area contributed by atoms with Crippen molar-refractivity contribution in [2.75, 3.05) is 6.54 Å². The Bertz CT molecular complexity index is 854. The van der Waals surface area contributed by atoms with Gasteiger partial charge in [0, 0.05) is 25.2 Å². The number of aromatic nitrogens is 2. The van der Waals surface area contributed by atoms with Crippen LogP contribution in [0.4, 0.5) is 0 Å². The van der Waals surface area contributed by atoms with E-state index in [1.807, 2.05) is 18.7 Å². The second kappa shape index (κ2) is 8.53. The van der Waals surface area contributed by atoms with E-state index in [2.05, 4.69) is 9.97 Å². The predicted octanol–water partition coefficient (Wildman–Crippen LogP) is 3.63. The summed E-state index contributed by atoms with van der Waals surface area (Å²) in [4.78, 5) is 24.0. The Morgan fingerprint density at radius 1 is 1.41 bits per heavy atom. The molecule has 1 amide bonds. The van der Waals surface area contributed by atoms with E-state index >= 15 is 0 Å². The number of piperidine rings is 1. The fourth-order valence-electron chi connectivity index (χ4n) is 3.81. The van der Waals surface area contributed by atoms with Crippen molar-refractivity contribution in [1.29, 1.82) is 0 Å². The zero-order chi connectivity index (χ0) is 21.2. The maximum absolute atomic E-state index is 13.3. The van der Waals surface area contributed by atoms with Gasteiger partial charge in [0.05, 0.1) is 6.10 Å². The summed E-state index contributed by atoms with van der Waals surface area (Å²) in [5.74, 6) is 1.45. The average Bonchev–Trinajstić information content (AvgIpc) is 3.02. The van der Waals surface area contributed by atoms with Crippen LogP contribution in [0.2, 0.25) is 0 Å². The van der Waals surface area contributed by atoms with E-state index in [0.29, 0.717) is 41.8 Å². The molecule has 0 saturated carbocycles. The smallest absolute Gasteiger partial charge is 0.259 e. The molecule has 1 saturated heterocycles. The van der Waals surface area contributed by atoms with Gasteiger partial charge in [-0.05, 0) is 66.0 Å². The van der Waals surface area contributed by atoms with Gasteiger partial charge >= 0.3 is 0 Å². The lowest BCUT2D eigenvalue weighted by molar-refractivity contribution is 0.0596. The van der Waals surface area contributed by atoms with E-state index < -0.39 is 5.60 Å². The molecule has 0 unspecified atom stereocenters. The van der Waals surface area contributed by atoms with Crippen molar-refractivity contribution in [3.8, 4) is 5.88 Å². The standard InChI is InChI=1S/C22H31N3O4/c1-14(2)28-20-17(10-8-11-23-20)21(26)25-12-7-6-9-16(25)13-18-24-19(15(3)29-18)22(4,5)27/h8,10-11,14,16,27H,6-7,9,12-13H2,1-5H3/t16-/m1/s1. The molecule has 2 aromatic heterocycles. The normalized spacial score (nSPS) is 17.6. The number of pyridine rings is 1. The highest BCUT2D eigenvalue weighted by Gasteiger charge is 2.32. The number of amides is 1. The maximum Gasteiger partial charge on any atom is 0.259 e. The topological polar surface area (TPSA) is 88.7 Å². The van der Waals surface area contributed by atoms with Crippen LogP contribution < -0.4 is 4.74 Å². The molecule has 7 heteroatoms. The molecular formula is C22H31N3O4. The lowest BCUT2D eigenvalue weighted by atomic mass is 9.98. The summed E-state index contributed by atoms with van der Waals surface area (Å²) in [6.07, 6.45) is 4.98. The Kier molecular flexibility index (Phi) is 6.27. The van der Waals surface area contributed by atoms with Gasteiger partial charge in [-0.2, -0.15) is 0 Å². The fraction of sp³-hybridized carbons (Fsp3) is 0.591. The van der Waals surface area contributed by atoms with E-state index in [1.165, 1.54) is 0 Å². The third-order valence-corrected chi connectivity index (χ3v) is 5.07. The van der Waals surface area contributed by atoms with Crippen molar-refractivity contribution in [3.63, 3.8) is 0 Å². The number of nitrogens with zero attached hydrogens (tertiary/aromatic N) is 3. The third kappa shape index (κ3) is 4.96. The van der Waals surface area contributed by atoms with Crippen molar-refractivity contribution in [2.45, 2.75) is 78.0 Å². The van der Waals surface area contributed by atoms with Crippen molar-refractivity contribution >= 4 is 5.91 Å². The summed E-state index contributed by atoms with van der Waals surface area (Å²) in [6.45, 7) is 9.69. The monoisotopic (exact) mass is 401 g/mol. The first-order valence-corrected chi connectivity index (χ1v) is 10.3. The van der Waals surface area contributed by atoms with E-state index in [-0.39, 0.29) is 18.1 Å². The quantitative estimate of drug-likeness (QED) is 0.795. The zero-order valence-corrected chi connectivity index (χ0v) is 17.9. The highest BCUT2D eigenvalue weighted by Crippen LogP contribution is 2.28. The molecule has 2 aromatic rings. The van der Waals surface area contributed by atoms with Gasteiger partial charge < -0.3 is 19.2 Å². The van der Waals surface area contributed by atoms with Crippen LogP contribution in [0.3, 0.4) is 0 Å². The van der Waals surface area contributed by atoms with Crippen molar-refractivity contribution in [1.82, 2.24) is 14.9 Å². The van der Waals surface area contributed by atoms with Gasteiger partial charge in [-0.25, -0.2) is 9.97 Å². The number of rotatable bonds is 6. The molecule has 158 valence electrons. The minimum atomic E-state index is -1.06. The summed E-state index contributed by atoms with van der Waals surface area (Å²) in [5, 5.41) is 10.3. The van der Waals surface area contributed by atoms with E-state index in [9.17, 15) is 9.90 Å². The molecule has 0 aromatic carbocycles. The van der Waals surface area contributed by atoms with Gasteiger partial charge in [-0.3, -0.25) is 4.79 Å². The van der Waals surface area contributed by atoms with Gasteiger partial charge in [-0.15, -0.1) is 0 Å². The lowest BCUT2D eigenvalue weighted by Gasteiger charge is -2.35. The Morgan fingerprint density at radius 2 is 2.17 bits per heavy atom. The number of hydrogen-bond donors (Lipinski definition) is 1. The Balaban J connectivity index is 1.83. The molecule has 0 spiro atoms. The van der Waals surface area contributed by atoms with Crippen LogP contribution in [-0.2, 0) is 12.0 Å². The fourth-order valence-corrected chi connectivity index (χ4v) is 3.81. The number of carbonyl (C=O) groups is 1. The molecular weight excluding hydrogens is 370 g/mol. The van der Waals surface area contributed by atoms with Gasteiger partial charge in [0.2, 0.25) is 5.88 Å². The molecule has 1 N–H and O–H groups in total. The number of aliphatic hydroxyl groups is 1. The first-order chi connectivity index (χ1) is 13.7. The summed E-state index contributed by atoms with van der Waals surface area (Å²) >= 11 is 0. The van der Waals surface area contributed by atoms with Gasteiger partial charge in [-0.1, -0.05) is 0 Å². The van der Waals surface area contributed by atoms with Crippen molar-refractivity contribution in [2.24, 2.45) is 0 Å². The Morgan fingerprint density at radius 3 is 2.83 bits per heavy atom. The summed E-state index contributed by atoms with van der Waals surface area (Å²) in [6, 6.07) is 3.50. The molecule has 0 bridgehead atoms. The first-order valence-electron chi connectivity index (χ1n) is 10.3. The molecule has 1 aliphatic heterocycles. The van der Waals surface area contributed by atoms with Crippen LogP contribution >= 0.6 is 0 Å². The van der Waals surface area contributed by atoms with Crippen LogP contribution in [0.15, 0.2) is 22.7 Å². The molecule has 7 nitrogen and oxygen atoms in total. The lowest BCUT2D eigenvalue weighted by Crippen LogP contribution is -2.45. The predicted molar refractivity (Wildman–Crippen MR) is 109 cm³/mol. The van der Waals surface area contributed by atoms with Crippen LogP contribution in [0, 0.1) is 6.92 Å². The van der Waals surface area contributed by atoms with Crippen molar-refractivity contribution < 1.29 is 19.1 Å². The minimum absolute atomic E-state index is 0.0175. The molecule has 0 radical (unpaired) electrons. The Labute approximate surface area is 172 Å². The molecule has 3 rings (SSSR count). The molecule has 1 atom stereocenters. The molecule has 29 heavy (non-hydrogen) atoms. The first kappa shape index (κ1) is 21.3. The van der Waals surface area contributed by atoms with E-state index in [4.69, 9.17) is 9.15 Å². The molecule has 1 aliphatic rings. The maximum atomic E-state index is 13.3. The number of likely N-dealkylation sites (tertiary alicyclic amines) is 1. The summed E-state index contributed by atoms with van der Waals surface area (Å²) in [7, 11) is 0. The number of oxazole rings is 1. The van der Waals surface area contributed by atoms with Crippen LogP contribution in [0.1, 0.15) is 74.7 Å². The highest BCUT2D eigenvalue weighted by atomic mass is 16.5. The summed E-state index contributed by atoms with van der Waals surface area (Å²) < 4.78 is 11.6. The van der Waals surface area contributed by atoms with Gasteiger partial charge in [0.1, 0.15) is 22.6 Å². The average molecular weight is 402 g/mol. The number of hydrogen-bond acceptors (Lipinski definition) is 6. The molecule has 3 heterocycles. The largest absolute Gasteiger partial charge is 0.474 e. The second-order valence-corrected chi connectivity index (χ2v) is 8.45. The van der Waals surface area contributed by atoms with Gasteiger partial charge in [0.25, 0.3) is 5.91 Å². The second-order valence-electron chi connectivity index (χ2n) is 8.45. The Hall–Kier alpha value is -2.41. The number of carbonyl (C=O) groups excluding carboxylic acids is 1. The van der Waals surface area contributed by atoms with E-state index in [0.717, 1.165) is 19.3 Å². The van der Waals surface area contributed by atoms with Crippen LogP contribution in [0.5, 0.6) is 5.88 Å². The van der Waals surface area contributed by atoms with E-state index in [1.54, 1.807) is 39.1 Å². The highest BCUT2D eigenvalue weighted by molar-refractivity contribution is 5.96. The third-order valence-electron chi connectivity index (χ3n) is 5.07. The number of aryl methyl sites for hydroxylation is 1. The van der Waals surface area contributed by atoms with Crippen molar-refractivity contribution in [3.05, 3.63) is 41.2 Å². The van der Waals surface area contributed by atoms with Crippen LogP contribution in [-0.4, -0.2) is 44.6 Å². The minimum Gasteiger partial charge on any atom is -0.474 e. The molecule has 1 fully saturated rings. The van der Waals surface area contributed by atoms with Crippen LogP contribution in [0.25, 0.3) is 0 Å². The SMILES string of the molecule is Cc1oc(C[C@H]2CCCCN2C(=O)c2cccnc2OC(C)C)nc1C(C)(C)O.